The van der Waals surface area contributed by atoms with Gasteiger partial charge in [-0.3, -0.25) is 0 Å². The molecule has 0 bridgehead atoms. The molecule has 3 heteroatoms. The molecule has 1 aliphatic heterocycles. The van der Waals surface area contributed by atoms with Gasteiger partial charge in [0.05, 0.1) is 0 Å². The summed E-state index contributed by atoms with van der Waals surface area (Å²) in [5.74, 6) is 2.68. The molecule has 2 N–H and O–H groups in total. The molecule has 1 aromatic carbocycles. The molecule has 3 rings (SSSR count). The van der Waals surface area contributed by atoms with Crippen molar-refractivity contribution in [3.05, 3.63) is 35.7 Å². The van der Waals surface area contributed by atoms with E-state index in [1.54, 1.807) is 0 Å². The number of hydrogen-bond acceptors (Lipinski definition) is 2. The fourth-order valence-corrected chi connectivity index (χ4v) is 2.69. The van der Waals surface area contributed by atoms with Crippen LogP contribution in [0.3, 0.4) is 0 Å². The highest BCUT2D eigenvalue weighted by molar-refractivity contribution is 5.71. The minimum Gasteiger partial charge on any atom is -0.383 e. The second kappa shape index (κ2) is 4.16. The number of anilines is 1. The molecule has 0 saturated heterocycles. The number of hydrogen-bond donors (Lipinski definition) is 1. The highest BCUT2D eigenvalue weighted by Crippen LogP contribution is 2.31. The monoisotopic (exact) mass is 241 g/mol. The van der Waals surface area contributed by atoms with Gasteiger partial charge >= 0.3 is 0 Å². The van der Waals surface area contributed by atoms with E-state index in [-0.39, 0.29) is 0 Å². The van der Waals surface area contributed by atoms with Crippen molar-refractivity contribution in [1.29, 1.82) is 0 Å². The molecular weight excluding hydrogens is 222 g/mol. The topological polar surface area (TPSA) is 43.8 Å². The minimum absolute atomic E-state index is 0.713. The fourth-order valence-electron chi connectivity index (χ4n) is 2.69. The van der Waals surface area contributed by atoms with E-state index in [1.807, 2.05) is 0 Å². The van der Waals surface area contributed by atoms with Crippen molar-refractivity contribution in [2.45, 2.75) is 33.2 Å². The zero-order valence-corrected chi connectivity index (χ0v) is 11.0. The second-order valence-corrected chi connectivity index (χ2v) is 5.38. The van der Waals surface area contributed by atoms with Crippen molar-refractivity contribution in [2.24, 2.45) is 5.92 Å². The molecule has 94 valence electrons. The van der Waals surface area contributed by atoms with E-state index in [9.17, 15) is 0 Å². The van der Waals surface area contributed by atoms with Crippen molar-refractivity contribution < 1.29 is 0 Å². The van der Waals surface area contributed by atoms with Crippen LogP contribution in [0.2, 0.25) is 0 Å². The molecule has 0 amide bonds. The van der Waals surface area contributed by atoms with Crippen LogP contribution in [0.5, 0.6) is 0 Å². The lowest BCUT2D eigenvalue weighted by Crippen LogP contribution is -2.18. The third-order valence-electron chi connectivity index (χ3n) is 3.75. The molecule has 0 spiro atoms. The summed E-state index contributed by atoms with van der Waals surface area (Å²) in [6.45, 7) is 5.37. The Hall–Kier alpha value is -1.77. The molecule has 0 aliphatic carbocycles. The van der Waals surface area contributed by atoms with E-state index >= 15 is 0 Å². The quantitative estimate of drug-likeness (QED) is 0.834. The molecule has 0 fully saturated rings. The van der Waals surface area contributed by atoms with E-state index < -0.39 is 0 Å². The van der Waals surface area contributed by atoms with Crippen molar-refractivity contribution >= 4 is 5.82 Å². The second-order valence-electron chi connectivity index (χ2n) is 5.38. The molecule has 1 aromatic heterocycles. The Morgan fingerprint density at radius 3 is 3.00 bits per heavy atom. The molecule has 1 atom stereocenters. The number of aryl methyl sites for hydroxylation is 1. The van der Waals surface area contributed by atoms with Crippen LogP contribution in [-0.4, -0.2) is 9.55 Å². The van der Waals surface area contributed by atoms with Gasteiger partial charge in [0, 0.05) is 18.5 Å². The zero-order chi connectivity index (χ0) is 12.7. The van der Waals surface area contributed by atoms with Gasteiger partial charge in [-0.05, 0) is 25.3 Å². The Balaban J connectivity index is 2.09. The maximum absolute atomic E-state index is 6.25. The number of aromatic nitrogens is 2. The van der Waals surface area contributed by atoms with Crippen LogP contribution >= 0.6 is 0 Å². The van der Waals surface area contributed by atoms with Crippen LogP contribution in [0.15, 0.2) is 24.3 Å². The van der Waals surface area contributed by atoms with Crippen molar-refractivity contribution in [1.82, 2.24) is 9.55 Å². The average Bonchev–Trinajstić information content (AvgIpc) is 2.66. The molecule has 2 heterocycles. The summed E-state index contributed by atoms with van der Waals surface area (Å²) in [6, 6.07) is 8.39. The van der Waals surface area contributed by atoms with Gasteiger partial charge in [-0.1, -0.05) is 30.7 Å². The smallest absolute Gasteiger partial charge is 0.131 e. The summed E-state index contributed by atoms with van der Waals surface area (Å²) in [6.07, 6.45) is 2.23. The Bertz CT molecular complexity index is 583. The van der Waals surface area contributed by atoms with Gasteiger partial charge in [0.2, 0.25) is 0 Å². The summed E-state index contributed by atoms with van der Waals surface area (Å²) in [5.41, 5.74) is 9.57. The highest BCUT2D eigenvalue weighted by atomic mass is 15.1. The van der Waals surface area contributed by atoms with Gasteiger partial charge in [-0.25, -0.2) is 4.98 Å². The number of benzene rings is 1. The lowest BCUT2D eigenvalue weighted by molar-refractivity contribution is 0.412. The van der Waals surface area contributed by atoms with Gasteiger partial charge in [0.1, 0.15) is 17.3 Å². The summed E-state index contributed by atoms with van der Waals surface area (Å²) >= 11 is 0. The largest absolute Gasteiger partial charge is 0.383 e. The van der Waals surface area contributed by atoms with Gasteiger partial charge in [0.15, 0.2) is 0 Å². The maximum Gasteiger partial charge on any atom is 0.131 e. The Morgan fingerprint density at radius 2 is 2.22 bits per heavy atom. The molecule has 1 aliphatic rings. The Kier molecular flexibility index (Phi) is 2.62. The molecule has 2 aromatic rings. The number of fused-ring (bicyclic) bond motifs is 1. The van der Waals surface area contributed by atoms with Gasteiger partial charge < -0.3 is 10.3 Å². The molecular formula is C15H19N3. The molecule has 1 unspecified atom stereocenters. The summed E-state index contributed by atoms with van der Waals surface area (Å²) in [7, 11) is 0. The number of nitrogen functional groups attached to an aromatic ring is 1. The van der Waals surface area contributed by atoms with Crippen LogP contribution in [-0.2, 0) is 13.0 Å². The Labute approximate surface area is 108 Å². The lowest BCUT2D eigenvalue weighted by Gasteiger charge is -2.20. The van der Waals surface area contributed by atoms with Crippen LogP contribution < -0.4 is 5.73 Å². The van der Waals surface area contributed by atoms with Crippen LogP contribution in [0, 0.1) is 12.8 Å². The van der Waals surface area contributed by atoms with E-state index in [0.29, 0.717) is 5.92 Å². The highest BCUT2D eigenvalue weighted by Gasteiger charge is 2.21. The number of nitrogens with two attached hydrogens (primary N) is 1. The van der Waals surface area contributed by atoms with Crippen molar-refractivity contribution in [3.63, 3.8) is 0 Å². The minimum atomic E-state index is 0.713. The summed E-state index contributed by atoms with van der Waals surface area (Å²) < 4.78 is 2.18. The summed E-state index contributed by atoms with van der Waals surface area (Å²) in [5, 5.41) is 0. The van der Waals surface area contributed by atoms with Crippen LogP contribution in [0.1, 0.15) is 24.7 Å². The van der Waals surface area contributed by atoms with Gasteiger partial charge in [0.25, 0.3) is 0 Å². The maximum atomic E-state index is 6.25. The first-order chi connectivity index (χ1) is 8.65. The van der Waals surface area contributed by atoms with Crippen LogP contribution in [0.25, 0.3) is 11.3 Å². The third kappa shape index (κ3) is 1.80. The normalized spacial score (nSPS) is 18.7. The zero-order valence-electron chi connectivity index (χ0n) is 11.0. The third-order valence-corrected chi connectivity index (χ3v) is 3.75. The van der Waals surface area contributed by atoms with E-state index in [0.717, 1.165) is 35.9 Å². The number of rotatable bonds is 1. The lowest BCUT2D eigenvalue weighted by atomic mass is 10.0. The SMILES string of the molecule is Cc1cccc(-c2nc3n(c2N)CCC(C)C3)c1. The molecule has 18 heavy (non-hydrogen) atoms. The molecule has 0 radical (unpaired) electrons. The first kappa shape index (κ1) is 11.3. The van der Waals surface area contributed by atoms with Gasteiger partial charge in [-0.15, -0.1) is 0 Å². The molecule has 3 nitrogen and oxygen atoms in total. The standard InChI is InChI=1S/C15H19N3/c1-10-4-3-5-12(8-10)14-15(16)18-7-6-11(2)9-13(18)17-14/h3-5,8,11H,6-7,9,16H2,1-2H3. The predicted octanol–water partition coefficient (Wildman–Crippen LogP) is 3.02. The number of imidazole rings is 1. The predicted molar refractivity (Wildman–Crippen MR) is 74.3 cm³/mol. The Morgan fingerprint density at radius 1 is 1.39 bits per heavy atom. The first-order valence-corrected chi connectivity index (χ1v) is 6.57. The average molecular weight is 241 g/mol. The summed E-state index contributed by atoms with van der Waals surface area (Å²) in [4.78, 5) is 4.75. The fraction of sp³-hybridized carbons (Fsp3) is 0.400. The van der Waals surface area contributed by atoms with E-state index in [2.05, 4.69) is 42.7 Å². The number of nitrogens with zero attached hydrogens (tertiary/aromatic N) is 2. The van der Waals surface area contributed by atoms with Gasteiger partial charge in [-0.2, -0.15) is 0 Å². The van der Waals surface area contributed by atoms with Crippen molar-refractivity contribution in [2.75, 3.05) is 5.73 Å². The van der Waals surface area contributed by atoms with E-state index in [1.165, 1.54) is 12.0 Å². The van der Waals surface area contributed by atoms with Crippen LogP contribution in [0.4, 0.5) is 5.82 Å². The van der Waals surface area contributed by atoms with E-state index in [4.69, 9.17) is 10.7 Å². The first-order valence-electron chi connectivity index (χ1n) is 6.57. The molecule has 0 saturated carbocycles. The van der Waals surface area contributed by atoms with Crippen molar-refractivity contribution in [3.8, 4) is 11.3 Å².